The van der Waals surface area contributed by atoms with E-state index in [1.807, 2.05) is 12.1 Å². The summed E-state index contributed by atoms with van der Waals surface area (Å²) in [4.78, 5) is 14.9. The van der Waals surface area contributed by atoms with Gasteiger partial charge in [0.2, 0.25) is 5.43 Å². The topological polar surface area (TPSA) is 33.5 Å². The van der Waals surface area contributed by atoms with Crippen molar-refractivity contribution in [3.8, 4) is 0 Å². The molecule has 0 amide bonds. The van der Waals surface area contributed by atoms with Crippen molar-refractivity contribution in [3.63, 3.8) is 0 Å². The molecule has 2 heterocycles. The van der Waals surface area contributed by atoms with Crippen molar-refractivity contribution in [2.24, 2.45) is 0 Å². The van der Waals surface area contributed by atoms with E-state index in [-0.39, 0.29) is 11.0 Å². The number of nitrogens with zero attached hydrogens (tertiary/aromatic N) is 1. The third-order valence-corrected chi connectivity index (χ3v) is 4.60. The molecular formula is C19H18FNO2. The first kappa shape index (κ1) is 14.2. The van der Waals surface area contributed by atoms with Crippen LogP contribution in [-0.2, 0) is 0 Å². The summed E-state index contributed by atoms with van der Waals surface area (Å²) in [6.45, 7) is 2.02. The summed E-state index contributed by atoms with van der Waals surface area (Å²) in [6.07, 6.45) is 4.87. The number of hydrogen-bond acceptors (Lipinski definition) is 3. The van der Waals surface area contributed by atoms with Gasteiger partial charge in [-0.2, -0.15) is 0 Å². The van der Waals surface area contributed by atoms with Crippen molar-refractivity contribution < 1.29 is 8.81 Å². The van der Waals surface area contributed by atoms with Crippen LogP contribution in [0.2, 0.25) is 0 Å². The van der Waals surface area contributed by atoms with Crippen molar-refractivity contribution in [2.45, 2.75) is 25.7 Å². The molecule has 0 N–H and O–H groups in total. The highest BCUT2D eigenvalue weighted by molar-refractivity contribution is 5.91. The molecule has 0 atom stereocenters. The molecule has 1 saturated heterocycles. The van der Waals surface area contributed by atoms with Crippen molar-refractivity contribution >= 4 is 27.6 Å². The monoisotopic (exact) mass is 311 g/mol. The summed E-state index contributed by atoms with van der Waals surface area (Å²) >= 11 is 0. The molecule has 4 rings (SSSR count). The van der Waals surface area contributed by atoms with Gasteiger partial charge in [0.1, 0.15) is 5.58 Å². The number of fused-ring (bicyclic) bond motifs is 2. The zero-order valence-corrected chi connectivity index (χ0v) is 12.8. The van der Waals surface area contributed by atoms with Crippen LogP contribution in [0.5, 0.6) is 0 Å². The van der Waals surface area contributed by atoms with Crippen LogP contribution < -0.4 is 10.3 Å². The minimum Gasteiger partial charge on any atom is -0.453 e. The first-order valence-corrected chi connectivity index (χ1v) is 8.14. The highest BCUT2D eigenvalue weighted by atomic mass is 19.1. The first-order valence-electron chi connectivity index (χ1n) is 8.14. The molecule has 0 aliphatic carbocycles. The Hall–Kier alpha value is -2.36. The molecular weight excluding hydrogens is 293 g/mol. The predicted octanol–water partition coefficient (Wildman–Crippen LogP) is 4.47. The second-order valence-electron chi connectivity index (χ2n) is 6.13. The molecule has 23 heavy (non-hydrogen) atoms. The molecule has 3 aromatic rings. The van der Waals surface area contributed by atoms with Gasteiger partial charge in [-0.15, -0.1) is 0 Å². The lowest BCUT2D eigenvalue weighted by Crippen LogP contribution is -2.23. The van der Waals surface area contributed by atoms with E-state index in [0.29, 0.717) is 16.4 Å². The molecule has 1 aromatic heterocycles. The van der Waals surface area contributed by atoms with Crippen LogP contribution >= 0.6 is 0 Å². The van der Waals surface area contributed by atoms with Gasteiger partial charge >= 0.3 is 0 Å². The van der Waals surface area contributed by atoms with Gasteiger partial charge in [0.05, 0.1) is 10.8 Å². The molecule has 0 saturated carbocycles. The summed E-state index contributed by atoms with van der Waals surface area (Å²) in [7, 11) is 0. The van der Waals surface area contributed by atoms with Crippen LogP contribution in [0.15, 0.2) is 45.6 Å². The van der Waals surface area contributed by atoms with Gasteiger partial charge in [-0.25, -0.2) is 4.39 Å². The van der Waals surface area contributed by atoms with E-state index in [9.17, 15) is 9.18 Å². The van der Waals surface area contributed by atoms with Crippen molar-refractivity contribution in [2.75, 3.05) is 18.0 Å². The Bertz CT molecular complexity index is 924. The van der Waals surface area contributed by atoms with Gasteiger partial charge in [0, 0.05) is 24.8 Å². The zero-order valence-electron chi connectivity index (χ0n) is 12.8. The highest BCUT2D eigenvalue weighted by Gasteiger charge is 2.14. The van der Waals surface area contributed by atoms with Gasteiger partial charge in [0.25, 0.3) is 0 Å². The maximum absolute atomic E-state index is 14.0. The fourth-order valence-corrected chi connectivity index (χ4v) is 3.36. The number of rotatable bonds is 1. The molecule has 118 valence electrons. The Morgan fingerprint density at radius 2 is 1.74 bits per heavy atom. The molecule has 0 bridgehead atoms. The molecule has 0 unspecified atom stereocenters. The molecule has 1 aliphatic rings. The van der Waals surface area contributed by atoms with Gasteiger partial charge < -0.3 is 9.32 Å². The Morgan fingerprint density at radius 3 is 2.52 bits per heavy atom. The minimum atomic E-state index is -0.498. The van der Waals surface area contributed by atoms with E-state index in [0.717, 1.165) is 18.8 Å². The lowest BCUT2D eigenvalue weighted by atomic mass is 10.1. The van der Waals surface area contributed by atoms with E-state index >= 15 is 0 Å². The summed E-state index contributed by atoms with van der Waals surface area (Å²) in [5.41, 5.74) is 1.36. The minimum absolute atomic E-state index is 0.0398. The molecule has 1 fully saturated rings. The smallest absolute Gasteiger partial charge is 0.200 e. The zero-order chi connectivity index (χ0) is 15.8. The average molecular weight is 311 g/mol. The Balaban J connectivity index is 1.89. The highest BCUT2D eigenvalue weighted by Crippen LogP contribution is 2.26. The van der Waals surface area contributed by atoms with Crippen LogP contribution in [-0.4, -0.2) is 13.1 Å². The molecule has 4 heteroatoms. The molecule has 0 radical (unpaired) electrons. The number of para-hydroxylation sites is 1. The van der Waals surface area contributed by atoms with Gasteiger partial charge in [0.15, 0.2) is 11.4 Å². The van der Waals surface area contributed by atoms with Crippen molar-refractivity contribution in [1.82, 2.24) is 0 Å². The Labute approximate surface area is 133 Å². The predicted molar refractivity (Wildman–Crippen MR) is 90.6 cm³/mol. The van der Waals surface area contributed by atoms with Crippen LogP contribution in [0, 0.1) is 5.82 Å². The second-order valence-corrected chi connectivity index (χ2v) is 6.13. The largest absolute Gasteiger partial charge is 0.453 e. The molecule has 1 aliphatic heterocycles. The Kier molecular flexibility index (Phi) is 3.52. The second kappa shape index (κ2) is 5.69. The van der Waals surface area contributed by atoms with E-state index in [1.165, 1.54) is 37.8 Å². The summed E-state index contributed by atoms with van der Waals surface area (Å²) in [6, 6.07) is 10.1. The maximum Gasteiger partial charge on any atom is 0.200 e. The van der Waals surface area contributed by atoms with Crippen LogP contribution in [0.25, 0.3) is 21.9 Å². The third kappa shape index (κ3) is 2.48. The molecule has 0 spiro atoms. The molecule has 3 nitrogen and oxygen atoms in total. The third-order valence-electron chi connectivity index (χ3n) is 4.60. The van der Waals surface area contributed by atoms with Crippen LogP contribution in [0.4, 0.5) is 10.1 Å². The summed E-state index contributed by atoms with van der Waals surface area (Å²) in [5, 5.41) is 0.793. The van der Waals surface area contributed by atoms with Gasteiger partial charge in [-0.1, -0.05) is 18.9 Å². The molecule has 2 aromatic carbocycles. The lowest BCUT2D eigenvalue weighted by Gasteiger charge is -2.22. The standard InChI is InChI=1S/C19H18FNO2/c20-16-7-5-6-15-18(22)14-9-8-13(12-17(14)23-19(15)16)21-10-3-1-2-4-11-21/h5-9,12H,1-4,10-11H2. The van der Waals surface area contributed by atoms with E-state index in [1.54, 1.807) is 12.1 Å². The lowest BCUT2D eigenvalue weighted by molar-refractivity contribution is 0.579. The van der Waals surface area contributed by atoms with Crippen molar-refractivity contribution in [3.05, 3.63) is 52.4 Å². The SMILES string of the molecule is O=c1c2ccc(N3CCCCCC3)cc2oc2c(F)cccc12. The fraction of sp³-hybridized carbons (Fsp3) is 0.316. The number of benzene rings is 2. The Morgan fingerprint density at radius 1 is 0.957 bits per heavy atom. The first-order chi connectivity index (χ1) is 11.2. The number of hydrogen-bond donors (Lipinski definition) is 0. The van der Waals surface area contributed by atoms with Crippen molar-refractivity contribution in [1.29, 1.82) is 0 Å². The number of anilines is 1. The van der Waals surface area contributed by atoms with Gasteiger partial charge in [-0.05, 0) is 37.1 Å². The van der Waals surface area contributed by atoms with Gasteiger partial charge in [-0.3, -0.25) is 4.79 Å². The summed E-state index contributed by atoms with van der Waals surface area (Å²) < 4.78 is 19.7. The van der Waals surface area contributed by atoms with E-state index < -0.39 is 5.82 Å². The normalized spacial score (nSPS) is 16.0. The van der Waals surface area contributed by atoms with Crippen LogP contribution in [0.3, 0.4) is 0 Å². The van der Waals surface area contributed by atoms with E-state index in [4.69, 9.17) is 4.42 Å². The maximum atomic E-state index is 14.0. The van der Waals surface area contributed by atoms with E-state index in [2.05, 4.69) is 4.90 Å². The number of halogens is 1. The quantitative estimate of drug-likeness (QED) is 0.622. The average Bonchev–Trinajstić information content (AvgIpc) is 2.85. The summed E-state index contributed by atoms with van der Waals surface area (Å²) in [5.74, 6) is -0.498. The fourth-order valence-electron chi connectivity index (χ4n) is 3.36. The van der Waals surface area contributed by atoms with Crippen LogP contribution in [0.1, 0.15) is 25.7 Å².